The van der Waals surface area contributed by atoms with Crippen LogP contribution in [0.4, 0.5) is 0 Å². The van der Waals surface area contributed by atoms with Gasteiger partial charge in [0, 0.05) is 12.2 Å². The van der Waals surface area contributed by atoms with Gasteiger partial charge in [0.1, 0.15) is 0 Å². The highest BCUT2D eigenvalue weighted by Gasteiger charge is 2.23. The molecule has 13 heavy (non-hydrogen) atoms. The van der Waals surface area contributed by atoms with Crippen molar-refractivity contribution >= 4 is 15.9 Å². The summed E-state index contributed by atoms with van der Waals surface area (Å²) in [4.78, 5) is 0. The van der Waals surface area contributed by atoms with Gasteiger partial charge in [0.2, 0.25) is 0 Å². The number of nitrogens with zero attached hydrogens (tertiary/aromatic N) is 2. The summed E-state index contributed by atoms with van der Waals surface area (Å²) in [5.41, 5.74) is 6.04. The number of rotatable bonds is 1. The van der Waals surface area contributed by atoms with Gasteiger partial charge in [-0.25, -0.2) is 0 Å². The van der Waals surface area contributed by atoms with E-state index in [1.54, 1.807) is 0 Å². The van der Waals surface area contributed by atoms with Crippen LogP contribution >= 0.6 is 15.9 Å². The van der Waals surface area contributed by atoms with E-state index in [4.69, 9.17) is 5.73 Å². The lowest BCUT2D eigenvalue weighted by Gasteiger charge is -2.28. The summed E-state index contributed by atoms with van der Waals surface area (Å²) >= 11 is 3.39. The molecule has 1 heterocycles. The minimum absolute atomic E-state index is 0.278. The lowest BCUT2D eigenvalue weighted by molar-refractivity contribution is 0.286. The van der Waals surface area contributed by atoms with Crippen molar-refractivity contribution in [1.82, 2.24) is 9.78 Å². The Hall–Kier alpha value is -0.350. The smallest absolute Gasteiger partial charge is 0.0670 e. The van der Waals surface area contributed by atoms with Crippen LogP contribution < -0.4 is 5.73 Å². The molecule has 0 spiro atoms. The maximum Gasteiger partial charge on any atom is 0.0670 e. The van der Waals surface area contributed by atoms with Crippen molar-refractivity contribution in [3.8, 4) is 0 Å². The van der Waals surface area contributed by atoms with E-state index < -0.39 is 0 Å². The fraction of sp³-hybridized carbons (Fsp3) is 0.667. The fourth-order valence-corrected chi connectivity index (χ4v) is 2.27. The zero-order chi connectivity index (χ0) is 9.26. The van der Waals surface area contributed by atoms with Gasteiger partial charge < -0.3 is 5.73 Å². The van der Waals surface area contributed by atoms with Crippen LogP contribution in [0, 0.1) is 0 Å². The van der Waals surface area contributed by atoms with Crippen LogP contribution in [0.25, 0.3) is 0 Å². The number of aromatic nitrogens is 2. The van der Waals surface area contributed by atoms with Crippen molar-refractivity contribution in [2.24, 2.45) is 5.73 Å². The lowest BCUT2D eigenvalue weighted by atomic mass is 9.91. The Bertz CT molecular complexity index is 284. The van der Waals surface area contributed by atoms with E-state index in [1.165, 1.54) is 12.8 Å². The standard InChI is InChI=1S/C9H14BrN3/c10-7-5-12-13(6-7)9-4-2-1-3-8(9)11/h5-6,8-9H,1-4,11H2/t8-,9+/m1/s1. The van der Waals surface area contributed by atoms with E-state index in [1.807, 2.05) is 17.1 Å². The summed E-state index contributed by atoms with van der Waals surface area (Å²) in [6.45, 7) is 0. The van der Waals surface area contributed by atoms with Crippen LogP contribution in [-0.4, -0.2) is 15.8 Å². The molecule has 2 rings (SSSR count). The van der Waals surface area contributed by atoms with Gasteiger partial charge in [-0.2, -0.15) is 5.10 Å². The second-order valence-electron chi connectivity index (χ2n) is 3.65. The van der Waals surface area contributed by atoms with Crippen LogP contribution in [0.15, 0.2) is 16.9 Å². The molecule has 0 saturated heterocycles. The summed E-state index contributed by atoms with van der Waals surface area (Å²) in [5, 5.41) is 4.28. The first kappa shape index (κ1) is 9.21. The Balaban J connectivity index is 2.14. The van der Waals surface area contributed by atoms with Gasteiger partial charge >= 0.3 is 0 Å². The molecule has 0 amide bonds. The number of hydrogen-bond donors (Lipinski definition) is 1. The summed E-state index contributed by atoms with van der Waals surface area (Å²) in [6.07, 6.45) is 8.66. The molecule has 1 fully saturated rings. The first-order valence-electron chi connectivity index (χ1n) is 4.72. The van der Waals surface area contributed by atoms with Crippen LogP contribution in [0.1, 0.15) is 31.7 Å². The molecule has 0 bridgehead atoms. The first-order valence-corrected chi connectivity index (χ1v) is 5.52. The third-order valence-corrected chi connectivity index (χ3v) is 3.10. The van der Waals surface area contributed by atoms with E-state index in [0.29, 0.717) is 6.04 Å². The van der Waals surface area contributed by atoms with Crippen molar-refractivity contribution in [1.29, 1.82) is 0 Å². The van der Waals surface area contributed by atoms with E-state index in [9.17, 15) is 0 Å². The van der Waals surface area contributed by atoms with Crippen molar-refractivity contribution in [2.75, 3.05) is 0 Å². The molecule has 4 heteroatoms. The molecule has 1 saturated carbocycles. The van der Waals surface area contributed by atoms with Crippen LogP contribution in [0.5, 0.6) is 0 Å². The van der Waals surface area contributed by atoms with Crippen LogP contribution in [0.3, 0.4) is 0 Å². The zero-order valence-electron chi connectivity index (χ0n) is 7.49. The molecule has 0 aromatic carbocycles. The number of nitrogens with two attached hydrogens (primary N) is 1. The molecular formula is C9H14BrN3. The second kappa shape index (κ2) is 3.80. The Morgan fingerprint density at radius 2 is 2.23 bits per heavy atom. The molecule has 1 aliphatic carbocycles. The maximum atomic E-state index is 6.04. The first-order chi connectivity index (χ1) is 6.27. The van der Waals surface area contributed by atoms with Gasteiger partial charge in [0.05, 0.1) is 16.7 Å². The number of hydrogen-bond acceptors (Lipinski definition) is 2. The quantitative estimate of drug-likeness (QED) is 0.821. The highest BCUT2D eigenvalue weighted by atomic mass is 79.9. The Kier molecular flexibility index (Phi) is 2.69. The lowest BCUT2D eigenvalue weighted by Crippen LogP contribution is -2.35. The van der Waals surface area contributed by atoms with Crippen molar-refractivity contribution in [3.63, 3.8) is 0 Å². The maximum absolute atomic E-state index is 6.04. The second-order valence-corrected chi connectivity index (χ2v) is 4.57. The topological polar surface area (TPSA) is 43.8 Å². The summed E-state index contributed by atoms with van der Waals surface area (Å²) < 4.78 is 3.03. The zero-order valence-corrected chi connectivity index (χ0v) is 9.07. The predicted octanol–water partition coefficient (Wildman–Crippen LogP) is 2.09. The van der Waals surface area contributed by atoms with Crippen LogP contribution in [0.2, 0.25) is 0 Å². The van der Waals surface area contributed by atoms with Crippen molar-refractivity contribution in [3.05, 3.63) is 16.9 Å². The number of halogens is 1. The highest BCUT2D eigenvalue weighted by Crippen LogP contribution is 2.27. The average Bonchev–Trinajstić information content (AvgIpc) is 2.53. The Labute approximate surface area is 86.4 Å². The molecule has 0 radical (unpaired) electrons. The molecule has 1 aromatic heterocycles. The normalized spacial score (nSPS) is 29.1. The minimum atomic E-state index is 0.278. The van der Waals surface area contributed by atoms with E-state index in [-0.39, 0.29) is 6.04 Å². The summed E-state index contributed by atoms with van der Waals surface area (Å²) in [5.74, 6) is 0. The molecule has 0 aliphatic heterocycles. The summed E-state index contributed by atoms with van der Waals surface area (Å²) in [6, 6.07) is 0.681. The average molecular weight is 244 g/mol. The molecule has 2 atom stereocenters. The molecule has 3 nitrogen and oxygen atoms in total. The Morgan fingerprint density at radius 1 is 1.46 bits per heavy atom. The molecule has 1 aliphatic rings. The minimum Gasteiger partial charge on any atom is -0.326 e. The predicted molar refractivity (Wildman–Crippen MR) is 55.4 cm³/mol. The molecular weight excluding hydrogens is 230 g/mol. The molecule has 72 valence electrons. The third-order valence-electron chi connectivity index (χ3n) is 2.69. The van der Waals surface area contributed by atoms with Gasteiger partial charge in [-0.3, -0.25) is 4.68 Å². The molecule has 2 N–H and O–H groups in total. The molecule has 0 unspecified atom stereocenters. The third kappa shape index (κ3) is 1.94. The van der Waals surface area contributed by atoms with Crippen LogP contribution in [-0.2, 0) is 0 Å². The van der Waals surface area contributed by atoms with Gasteiger partial charge in [0.15, 0.2) is 0 Å². The van der Waals surface area contributed by atoms with E-state index in [0.717, 1.165) is 17.3 Å². The SMILES string of the molecule is N[C@@H]1CCCC[C@@H]1n1cc(Br)cn1. The monoisotopic (exact) mass is 243 g/mol. The van der Waals surface area contributed by atoms with E-state index >= 15 is 0 Å². The van der Waals surface area contributed by atoms with Gasteiger partial charge in [-0.1, -0.05) is 12.8 Å². The highest BCUT2D eigenvalue weighted by molar-refractivity contribution is 9.10. The Morgan fingerprint density at radius 3 is 2.85 bits per heavy atom. The van der Waals surface area contributed by atoms with Gasteiger partial charge in [-0.05, 0) is 28.8 Å². The fourth-order valence-electron chi connectivity index (χ4n) is 1.96. The van der Waals surface area contributed by atoms with Gasteiger partial charge in [0.25, 0.3) is 0 Å². The molecule has 1 aromatic rings. The van der Waals surface area contributed by atoms with E-state index in [2.05, 4.69) is 21.0 Å². The largest absolute Gasteiger partial charge is 0.326 e. The summed E-state index contributed by atoms with van der Waals surface area (Å²) in [7, 11) is 0. The van der Waals surface area contributed by atoms with Crippen molar-refractivity contribution < 1.29 is 0 Å². The van der Waals surface area contributed by atoms with Crippen molar-refractivity contribution in [2.45, 2.75) is 37.8 Å². The van der Waals surface area contributed by atoms with Gasteiger partial charge in [-0.15, -0.1) is 0 Å².